The van der Waals surface area contributed by atoms with Crippen molar-refractivity contribution >= 4 is 6.03 Å². The summed E-state index contributed by atoms with van der Waals surface area (Å²) in [6.45, 7) is 8.76. The van der Waals surface area contributed by atoms with Gasteiger partial charge in [0, 0.05) is 33.0 Å². The Morgan fingerprint density at radius 2 is 2.06 bits per heavy atom. The Morgan fingerprint density at radius 1 is 1.41 bits per heavy atom. The van der Waals surface area contributed by atoms with E-state index in [9.17, 15) is 4.79 Å². The summed E-state index contributed by atoms with van der Waals surface area (Å²) in [5.41, 5.74) is 0. The summed E-state index contributed by atoms with van der Waals surface area (Å²) in [6, 6.07) is -0.0194. The van der Waals surface area contributed by atoms with E-state index in [1.54, 1.807) is 30.2 Å². The largest absolute Gasteiger partial charge is 0.490 e. The minimum atomic E-state index is -0.0194. The highest BCUT2D eigenvalue weighted by atomic mass is 16.5. The van der Waals surface area contributed by atoms with Gasteiger partial charge >= 0.3 is 6.03 Å². The third-order valence-electron chi connectivity index (χ3n) is 2.73. The highest BCUT2D eigenvalue weighted by Crippen LogP contribution is 2.17. The molecule has 0 bridgehead atoms. The van der Waals surface area contributed by atoms with Crippen molar-refractivity contribution in [3.05, 3.63) is 37.1 Å². The van der Waals surface area contributed by atoms with E-state index in [1.807, 2.05) is 0 Å². The zero-order chi connectivity index (χ0) is 12.7. The first-order chi connectivity index (χ1) is 8.21. The lowest BCUT2D eigenvalue weighted by molar-refractivity contribution is 0.0661. The number of hydrogen-bond donors (Lipinski definition) is 1. The number of allylic oxidation sites excluding steroid dienone is 3. The van der Waals surface area contributed by atoms with E-state index in [4.69, 9.17) is 4.74 Å². The maximum Gasteiger partial charge on any atom is 0.317 e. The Morgan fingerprint density at radius 3 is 2.53 bits per heavy atom. The SMILES string of the molecule is C=C/C=C(\C=C)OC1CCN(C(=O)NC)CC1. The monoisotopic (exact) mass is 236 g/mol. The summed E-state index contributed by atoms with van der Waals surface area (Å²) >= 11 is 0. The van der Waals surface area contributed by atoms with Gasteiger partial charge in [-0.3, -0.25) is 0 Å². The van der Waals surface area contributed by atoms with Gasteiger partial charge in [0.25, 0.3) is 0 Å². The van der Waals surface area contributed by atoms with Gasteiger partial charge in [0.1, 0.15) is 11.9 Å². The Balaban J connectivity index is 2.41. The van der Waals surface area contributed by atoms with E-state index in [1.165, 1.54) is 0 Å². The third-order valence-corrected chi connectivity index (χ3v) is 2.73. The van der Waals surface area contributed by atoms with Crippen molar-refractivity contribution in [2.45, 2.75) is 18.9 Å². The average molecular weight is 236 g/mol. The maximum atomic E-state index is 11.4. The molecule has 1 aliphatic rings. The van der Waals surface area contributed by atoms with Gasteiger partial charge in [-0.15, -0.1) is 0 Å². The fourth-order valence-corrected chi connectivity index (χ4v) is 1.80. The summed E-state index contributed by atoms with van der Waals surface area (Å²) in [5.74, 6) is 0.735. The van der Waals surface area contributed by atoms with Crippen LogP contribution in [0.15, 0.2) is 37.1 Å². The molecule has 4 nitrogen and oxygen atoms in total. The molecule has 0 aliphatic carbocycles. The molecule has 1 saturated heterocycles. The number of rotatable bonds is 4. The summed E-state index contributed by atoms with van der Waals surface area (Å²) in [7, 11) is 1.65. The number of carbonyl (C=O) groups excluding carboxylic acids is 1. The fourth-order valence-electron chi connectivity index (χ4n) is 1.80. The number of hydrogen-bond acceptors (Lipinski definition) is 2. The summed E-state index contributed by atoms with van der Waals surface area (Å²) in [4.78, 5) is 13.2. The molecular formula is C13H20N2O2. The van der Waals surface area contributed by atoms with Crippen LogP contribution in [-0.2, 0) is 4.74 Å². The lowest BCUT2D eigenvalue weighted by Gasteiger charge is -2.32. The average Bonchev–Trinajstić information content (AvgIpc) is 2.38. The number of carbonyl (C=O) groups is 1. The minimum absolute atomic E-state index is 0.0194. The molecular weight excluding hydrogens is 216 g/mol. The highest BCUT2D eigenvalue weighted by Gasteiger charge is 2.23. The molecule has 0 spiro atoms. The van der Waals surface area contributed by atoms with Crippen LogP contribution in [0.4, 0.5) is 4.79 Å². The van der Waals surface area contributed by atoms with Crippen LogP contribution in [0, 0.1) is 0 Å². The van der Waals surface area contributed by atoms with Gasteiger partial charge < -0.3 is 15.0 Å². The molecule has 1 N–H and O–H groups in total. The van der Waals surface area contributed by atoms with Crippen molar-refractivity contribution < 1.29 is 9.53 Å². The van der Waals surface area contributed by atoms with Crippen molar-refractivity contribution in [2.75, 3.05) is 20.1 Å². The predicted octanol–water partition coefficient (Wildman–Crippen LogP) is 2.06. The molecule has 2 amide bonds. The van der Waals surface area contributed by atoms with Gasteiger partial charge in [-0.1, -0.05) is 19.2 Å². The van der Waals surface area contributed by atoms with Crippen molar-refractivity contribution in [3.8, 4) is 0 Å². The minimum Gasteiger partial charge on any atom is -0.490 e. The van der Waals surface area contributed by atoms with Crippen molar-refractivity contribution in [2.24, 2.45) is 0 Å². The van der Waals surface area contributed by atoms with Crippen LogP contribution >= 0.6 is 0 Å². The Kier molecular flexibility index (Phi) is 5.33. The van der Waals surface area contributed by atoms with Crippen molar-refractivity contribution in [1.82, 2.24) is 10.2 Å². The first-order valence-corrected chi connectivity index (χ1v) is 5.79. The summed E-state index contributed by atoms with van der Waals surface area (Å²) in [6.07, 6.45) is 6.98. The van der Waals surface area contributed by atoms with Crippen LogP contribution < -0.4 is 5.32 Å². The number of ether oxygens (including phenoxy) is 1. The van der Waals surface area contributed by atoms with Gasteiger partial charge in [-0.05, 0) is 12.2 Å². The topological polar surface area (TPSA) is 41.6 Å². The van der Waals surface area contributed by atoms with E-state index in [0.29, 0.717) is 0 Å². The van der Waals surface area contributed by atoms with Crippen molar-refractivity contribution in [3.63, 3.8) is 0 Å². The second-order valence-corrected chi connectivity index (χ2v) is 3.87. The van der Waals surface area contributed by atoms with Gasteiger partial charge in [-0.25, -0.2) is 4.79 Å². The molecule has 0 aromatic carbocycles. The molecule has 1 heterocycles. The van der Waals surface area contributed by atoms with E-state index < -0.39 is 0 Å². The van der Waals surface area contributed by atoms with Crippen LogP contribution in [0.25, 0.3) is 0 Å². The molecule has 1 rings (SSSR count). The number of likely N-dealkylation sites (tertiary alicyclic amines) is 1. The zero-order valence-corrected chi connectivity index (χ0v) is 10.3. The van der Waals surface area contributed by atoms with Crippen LogP contribution in [0.2, 0.25) is 0 Å². The molecule has 1 fully saturated rings. The van der Waals surface area contributed by atoms with E-state index in [2.05, 4.69) is 18.5 Å². The quantitative estimate of drug-likeness (QED) is 0.599. The van der Waals surface area contributed by atoms with Gasteiger partial charge in [-0.2, -0.15) is 0 Å². The standard InChI is InChI=1S/C13H20N2O2/c1-4-6-11(5-2)17-12-7-9-15(10-8-12)13(16)14-3/h4-6,12H,1-2,7-10H2,3H3,(H,14,16)/b11-6+. The predicted molar refractivity (Wildman–Crippen MR) is 68.6 cm³/mol. The zero-order valence-electron chi connectivity index (χ0n) is 10.3. The van der Waals surface area contributed by atoms with Crippen LogP contribution in [0.1, 0.15) is 12.8 Å². The van der Waals surface area contributed by atoms with Crippen LogP contribution in [0.3, 0.4) is 0 Å². The number of urea groups is 1. The second kappa shape index (κ2) is 6.78. The number of piperidine rings is 1. The normalized spacial score (nSPS) is 17.5. The van der Waals surface area contributed by atoms with E-state index in [-0.39, 0.29) is 12.1 Å². The molecule has 1 aliphatic heterocycles. The molecule has 0 unspecified atom stereocenters. The lowest BCUT2D eigenvalue weighted by Crippen LogP contribution is -2.44. The van der Waals surface area contributed by atoms with Gasteiger partial charge in [0.2, 0.25) is 0 Å². The van der Waals surface area contributed by atoms with E-state index >= 15 is 0 Å². The third kappa shape index (κ3) is 3.98. The molecule has 0 saturated carbocycles. The number of amides is 2. The van der Waals surface area contributed by atoms with Gasteiger partial charge in [0.15, 0.2) is 0 Å². The number of nitrogens with one attached hydrogen (secondary N) is 1. The molecule has 0 aromatic rings. The van der Waals surface area contributed by atoms with Gasteiger partial charge in [0.05, 0.1) is 0 Å². The van der Waals surface area contributed by atoms with E-state index in [0.717, 1.165) is 31.7 Å². The summed E-state index contributed by atoms with van der Waals surface area (Å²) < 4.78 is 5.76. The lowest BCUT2D eigenvalue weighted by atomic mass is 10.1. The van der Waals surface area contributed by atoms with Crippen molar-refractivity contribution in [1.29, 1.82) is 0 Å². The molecule has 17 heavy (non-hydrogen) atoms. The second-order valence-electron chi connectivity index (χ2n) is 3.87. The van der Waals surface area contributed by atoms with Crippen LogP contribution in [0.5, 0.6) is 0 Å². The fraction of sp³-hybridized carbons (Fsp3) is 0.462. The first kappa shape index (κ1) is 13.4. The Bertz CT molecular complexity index is 315. The molecule has 0 radical (unpaired) electrons. The number of nitrogens with zero attached hydrogens (tertiary/aromatic N) is 1. The smallest absolute Gasteiger partial charge is 0.317 e. The van der Waals surface area contributed by atoms with Crippen LogP contribution in [-0.4, -0.2) is 37.2 Å². The highest BCUT2D eigenvalue weighted by molar-refractivity contribution is 5.73. The molecule has 94 valence electrons. The Hall–Kier alpha value is -1.71. The molecule has 0 atom stereocenters. The first-order valence-electron chi connectivity index (χ1n) is 5.79. The molecule has 0 aromatic heterocycles. The summed E-state index contributed by atoms with van der Waals surface area (Å²) in [5, 5.41) is 2.63. The maximum absolute atomic E-state index is 11.4. The Labute approximate surface area is 103 Å². The molecule has 4 heteroatoms.